The minimum atomic E-state index is -0.0249. The van der Waals surface area contributed by atoms with E-state index in [0.717, 1.165) is 42.3 Å². The predicted octanol–water partition coefficient (Wildman–Crippen LogP) is 2.69. The lowest BCUT2D eigenvalue weighted by molar-refractivity contribution is 0.0621. The summed E-state index contributed by atoms with van der Waals surface area (Å²) in [5.74, 6) is 0.706. The van der Waals surface area contributed by atoms with Gasteiger partial charge in [-0.25, -0.2) is 4.98 Å². The molecule has 0 saturated carbocycles. The second-order valence-corrected chi connectivity index (χ2v) is 7.61. The maximum absolute atomic E-state index is 13.0. The number of rotatable bonds is 5. The highest BCUT2D eigenvalue weighted by Crippen LogP contribution is 2.28. The van der Waals surface area contributed by atoms with Gasteiger partial charge in [-0.3, -0.25) is 14.8 Å². The number of benzene rings is 1. The predicted molar refractivity (Wildman–Crippen MR) is 117 cm³/mol. The summed E-state index contributed by atoms with van der Waals surface area (Å²) in [7, 11) is 1.63. The molecule has 1 aliphatic heterocycles. The Bertz CT molecular complexity index is 1210. The van der Waals surface area contributed by atoms with Crippen LogP contribution in [0.4, 0.5) is 0 Å². The van der Waals surface area contributed by atoms with Crippen LogP contribution in [-0.2, 0) is 6.54 Å². The summed E-state index contributed by atoms with van der Waals surface area (Å²) in [5, 5.41) is 7.23. The van der Waals surface area contributed by atoms with Crippen molar-refractivity contribution < 1.29 is 9.53 Å². The number of H-pyrrole nitrogens is 1. The van der Waals surface area contributed by atoms with Crippen LogP contribution in [-0.4, -0.2) is 68.6 Å². The summed E-state index contributed by atoms with van der Waals surface area (Å²) in [6.07, 6.45) is 3.96. The van der Waals surface area contributed by atoms with E-state index in [1.807, 2.05) is 59.8 Å². The topological polar surface area (TPSA) is 78.8 Å². The third-order valence-corrected chi connectivity index (χ3v) is 5.73. The molecular formula is C23H24N6O2. The summed E-state index contributed by atoms with van der Waals surface area (Å²) in [6, 6.07) is 15.5. The third-order valence-electron chi connectivity index (χ3n) is 5.73. The van der Waals surface area contributed by atoms with Crippen LogP contribution in [0, 0.1) is 0 Å². The van der Waals surface area contributed by atoms with Gasteiger partial charge in [-0.15, -0.1) is 0 Å². The molecule has 8 nitrogen and oxygen atoms in total. The van der Waals surface area contributed by atoms with E-state index in [4.69, 9.17) is 4.74 Å². The maximum Gasteiger partial charge on any atom is 0.271 e. The standard InChI is InChI=1S/C23H24N6O2/c1-31-21-7-3-2-6-18(21)19-14-20(26-25-19)23(30)28-12-10-27(11-13-28)16-17-15-24-22-8-4-5-9-29(17)22/h2-9,14-15H,10-13,16H2,1H3,(H,25,26). The van der Waals surface area contributed by atoms with Gasteiger partial charge in [0.2, 0.25) is 0 Å². The van der Waals surface area contributed by atoms with Crippen LogP contribution in [0.1, 0.15) is 16.2 Å². The molecule has 0 bridgehead atoms. The van der Waals surface area contributed by atoms with Gasteiger partial charge in [0.25, 0.3) is 5.91 Å². The normalized spacial score (nSPS) is 14.8. The number of amides is 1. The highest BCUT2D eigenvalue weighted by Gasteiger charge is 2.24. The molecule has 4 aromatic rings. The van der Waals surface area contributed by atoms with Crippen molar-refractivity contribution in [3.05, 3.63) is 72.3 Å². The van der Waals surface area contributed by atoms with Crippen LogP contribution >= 0.6 is 0 Å². The monoisotopic (exact) mass is 416 g/mol. The molecule has 5 rings (SSSR count). The van der Waals surface area contributed by atoms with E-state index >= 15 is 0 Å². The number of piperazine rings is 1. The molecule has 8 heteroatoms. The van der Waals surface area contributed by atoms with E-state index < -0.39 is 0 Å². The minimum absolute atomic E-state index is 0.0249. The Hall–Kier alpha value is -3.65. The number of aromatic nitrogens is 4. The van der Waals surface area contributed by atoms with Crippen molar-refractivity contribution in [2.45, 2.75) is 6.54 Å². The number of para-hydroxylation sites is 1. The maximum atomic E-state index is 13.0. The van der Waals surface area contributed by atoms with E-state index in [2.05, 4.69) is 24.5 Å². The first-order valence-electron chi connectivity index (χ1n) is 10.3. The third kappa shape index (κ3) is 3.77. The molecule has 1 saturated heterocycles. The van der Waals surface area contributed by atoms with Crippen molar-refractivity contribution in [1.29, 1.82) is 0 Å². The molecule has 31 heavy (non-hydrogen) atoms. The van der Waals surface area contributed by atoms with Crippen molar-refractivity contribution in [3.63, 3.8) is 0 Å². The van der Waals surface area contributed by atoms with Crippen LogP contribution in [0.3, 0.4) is 0 Å². The first-order chi connectivity index (χ1) is 15.2. The second-order valence-electron chi connectivity index (χ2n) is 7.61. The van der Waals surface area contributed by atoms with Gasteiger partial charge in [-0.05, 0) is 30.3 Å². The summed E-state index contributed by atoms with van der Waals surface area (Å²) >= 11 is 0. The number of aromatic amines is 1. The van der Waals surface area contributed by atoms with Gasteiger partial charge in [0.05, 0.1) is 24.7 Å². The number of ether oxygens (including phenoxy) is 1. The molecule has 3 aromatic heterocycles. The Balaban J connectivity index is 1.23. The number of pyridine rings is 1. The Morgan fingerprint density at radius 1 is 1.10 bits per heavy atom. The Morgan fingerprint density at radius 3 is 2.74 bits per heavy atom. The number of nitrogens with zero attached hydrogens (tertiary/aromatic N) is 5. The van der Waals surface area contributed by atoms with E-state index in [9.17, 15) is 4.79 Å². The lowest BCUT2D eigenvalue weighted by Gasteiger charge is -2.34. The zero-order chi connectivity index (χ0) is 21.2. The molecule has 4 heterocycles. The summed E-state index contributed by atoms with van der Waals surface area (Å²) in [4.78, 5) is 21.7. The van der Waals surface area contributed by atoms with E-state index in [1.54, 1.807) is 13.2 Å². The molecule has 1 fully saturated rings. The molecule has 1 N–H and O–H groups in total. The molecular weight excluding hydrogens is 392 g/mol. The molecule has 0 aliphatic carbocycles. The van der Waals surface area contributed by atoms with Gasteiger partial charge in [0, 0.05) is 44.5 Å². The van der Waals surface area contributed by atoms with Crippen molar-refractivity contribution in [2.24, 2.45) is 0 Å². The average Bonchev–Trinajstić information content (AvgIpc) is 3.47. The average molecular weight is 416 g/mol. The molecule has 1 aromatic carbocycles. The molecule has 0 unspecified atom stereocenters. The van der Waals surface area contributed by atoms with Crippen LogP contribution in [0.5, 0.6) is 5.75 Å². The number of fused-ring (bicyclic) bond motifs is 1. The fraction of sp³-hybridized carbons (Fsp3) is 0.261. The number of carbonyl (C=O) groups excluding carboxylic acids is 1. The van der Waals surface area contributed by atoms with E-state index in [0.29, 0.717) is 24.5 Å². The molecule has 1 amide bonds. The largest absolute Gasteiger partial charge is 0.496 e. The Morgan fingerprint density at radius 2 is 1.90 bits per heavy atom. The highest BCUT2D eigenvalue weighted by atomic mass is 16.5. The number of nitrogens with one attached hydrogen (secondary N) is 1. The quantitative estimate of drug-likeness (QED) is 0.541. The minimum Gasteiger partial charge on any atom is -0.496 e. The smallest absolute Gasteiger partial charge is 0.271 e. The Labute approximate surface area is 180 Å². The van der Waals surface area contributed by atoms with Crippen LogP contribution < -0.4 is 4.74 Å². The van der Waals surface area contributed by atoms with Crippen molar-refractivity contribution in [2.75, 3.05) is 33.3 Å². The van der Waals surface area contributed by atoms with Gasteiger partial charge >= 0.3 is 0 Å². The zero-order valence-corrected chi connectivity index (χ0v) is 17.4. The van der Waals surface area contributed by atoms with Crippen molar-refractivity contribution >= 4 is 11.6 Å². The Kier molecular flexibility index (Phi) is 5.13. The first-order valence-corrected chi connectivity index (χ1v) is 10.3. The van der Waals surface area contributed by atoms with Gasteiger partial charge in [0.15, 0.2) is 0 Å². The number of hydrogen-bond donors (Lipinski definition) is 1. The molecule has 158 valence electrons. The zero-order valence-electron chi connectivity index (χ0n) is 17.4. The summed E-state index contributed by atoms with van der Waals surface area (Å²) in [6.45, 7) is 3.81. The van der Waals surface area contributed by atoms with Crippen LogP contribution in [0.2, 0.25) is 0 Å². The molecule has 0 spiro atoms. The van der Waals surface area contributed by atoms with E-state index in [1.165, 1.54) is 0 Å². The molecule has 1 aliphatic rings. The fourth-order valence-corrected chi connectivity index (χ4v) is 4.04. The first kappa shape index (κ1) is 19.3. The number of hydrogen-bond acceptors (Lipinski definition) is 5. The lowest BCUT2D eigenvalue weighted by atomic mass is 10.1. The molecule has 0 radical (unpaired) electrons. The van der Waals surface area contributed by atoms with Crippen LogP contribution in [0.15, 0.2) is 60.9 Å². The van der Waals surface area contributed by atoms with E-state index in [-0.39, 0.29) is 5.91 Å². The van der Waals surface area contributed by atoms with Crippen molar-refractivity contribution in [1.82, 2.24) is 29.4 Å². The summed E-state index contributed by atoms with van der Waals surface area (Å²) in [5.41, 5.74) is 4.17. The fourth-order valence-electron chi connectivity index (χ4n) is 4.04. The van der Waals surface area contributed by atoms with Gasteiger partial charge in [-0.2, -0.15) is 5.10 Å². The van der Waals surface area contributed by atoms with Crippen molar-refractivity contribution in [3.8, 4) is 17.0 Å². The summed E-state index contributed by atoms with van der Waals surface area (Å²) < 4.78 is 7.52. The highest BCUT2D eigenvalue weighted by molar-refractivity contribution is 5.93. The number of carbonyl (C=O) groups is 1. The van der Waals surface area contributed by atoms with Crippen LogP contribution in [0.25, 0.3) is 16.9 Å². The number of imidazole rings is 1. The molecule has 0 atom stereocenters. The van der Waals surface area contributed by atoms with Gasteiger partial charge in [0.1, 0.15) is 17.1 Å². The lowest BCUT2D eigenvalue weighted by Crippen LogP contribution is -2.48. The number of methoxy groups -OCH3 is 1. The van der Waals surface area contributed by atoms with Gasteiger partial charge < -0.3 is 14.0 Å². The van der Waals surface area contributed by atoms with Gasteiger partial charge in [-0.1, -0.05) is 18.2 Å². The second kappa shape index (κ2) is 8.23. The SMILES string of the molecule is COc1ccccc1-c1cc(C(=O)N2CCN(Cc3cnc4ccccn34)CC2)[nH]n1.